The molecule has 9 heteroatoms. The van der Waals surface area contributed by atoms with Crippen LogP contribution in [0.1, 0.15) is 22.5 Å². The third kappa shape index (κ3) is 3.81. The van der Waals surface area contributed by atoms with E-state index >= 15 is 0 Å². The van der Waals surface area contributed by atoms with Gasteiger partial charge >= 0.3 is 5.69 Å². The third-order valence-electron chi connectivity index (χ3n) is 5.88. The number of hydrogen-bond acceptors (Lipinski definition) is 5. The lowest BCUT2D eigenvalue weighted by Gasteiger charge is -2.13. The van der Waals surface area contributed by atoms with Gasteiger partial charge in [-0.2, -0.15) is 0 Å². The summed E-state index contributed by atoms with van der Waals surface area (Å²) in [7, 11) is 0. The molecule has 0 radical (unpaired) electrons. The first-order valence-electron chi connectivity index (χ1n) is 11.0. The molecule has 170 valence electrons. The van der Waals surface area contributed by atoms with E-state index in [0.717, 1.165) is 27.2 Å². The van der Waals surface area contributed by atoms with E-state index in [4.69, 9.17) is 4.99 Å². The first-order valence-corrected chi connectivity index (χ1v) is 11.0. The molecule has 0 fully saturated rings. The van der Waals surface area contributed by atoms with Crippen LogP contribution in [0.3, 0.4) is 0 Å². The lowest BCUT2D eigenvalue weighted by atomic mass is 9.97. The molecule has 5 aromatic rings. The summed E-state index contributed by atoms with van der Waals surface area (Å²) in [6.07, 6.45) is 4.06. The molecule has 8 nitrogen and oxygen atoms in total. The summed E-state index contributed by atoms with van der Waals surface area (Å²) in [6.45, 7) is 0.352. The van der Waals surface area contributed by atoms with Gasteiger partial charge in [0.25, 0.3) is 0 Å². The van der Waals surface area contributed by atoms with Crippen LogP contribution >= 0.6 is 0 Å². The fourth-order valence-electron chi connectivity index (χ4n) is 4.14. The van der Waals surface area contributed by atoms with Gasteiger partial charge in [0, 0.05) is 36.4 Å². The molecule has 1 aliphatic rings. The van der Waals surface area contributed by atoms with E-state index in [1.165, 1.54) is 10.5 Å². The smallest absolute Gasteiger partial charge is 0.283 e. The van der Waals surface area contributed by atoms with E-state index < -0.39 is 0 Å². The van der Waals surface area contributed by atoms with Crippen LogP contribution in [0.25, 0.3) is 11.3 Å². The average molecular weight is 463 g/mol. The zero-order chi connectivity index (χ0) is 23.8. The highest BCUT2D eigenvalue weighted by atomic mass is 19.1. The molecule has 0 saturated carbocycles. The molecule has 4 heterocycles. The van der Waals surface area contributed by atoms with Crippen molar-refractivity contribution >= 4 is 11.4 Å². The van der Waals surface area contributed by atoms with Crippen LogP contribution in [0.4, 0.5) is 4.39 Å². The zero-order valence-electron chi connectivity index (χ0n) is 18.5. The fraction of sp³-hybridized carbons (Fsp3) is 0.115. The maximum Gasteiger partial charge on any atom is 0.362 e. The fourth-order valence-corrected chi connectivity index (χ4v) is 4.14. The largest absolute Gasteiger partial charge is 0.362 e. The first-order chi connectivity index (χ1) is 17.2. The minimum Gasteiger partial charge on any atom is -0.283 e. The molecule has 3 aromatic heterocycles. The number of halogens is 1. The molecule has 0 N–H and O–H groups in total. The van der Waals surface area contributed by atoms with E-state index in [2.05, 4.69) is 27.3 Å². The topological polar surface area (TPSA) is 82.4 Å². The van der Waals surface area contributed by atoms with E-state index in [1.807, 2.05) is 34.9 Å². The Balaban J connectivity index is 1.35. The van der Waals surface area contributed by atoms with Crippen molar-refractivity contribution in [2.75, 3.05) is 0 Å². The van der Waals surface area contributed by atoms with Gasteiger partial charge < -0.3 is 0 Å². The summed E-state index contributed by atoms with van der Waals surface area (Å²) < 4.78 is 18.9. The van der Waals surface area contributed by atoms with Gasteiger partial charge in [-0.3, -0.25) is 9.56 Å². The summed E-state index contributed by atoms with van der Waals surface area (Å²) in [6, 6.07) is 20.8. The third-order valence-corrected chi connectivity index (χ3v) is 5.88. The van der Waals surface area contributed by atoms with Gasteiger partial charge in [-0.25, -0.2) is 13.6 Å². The standard InChI is InChI=1S/C26H18FN7O/c27-21-8-2-1-7-19(21)15-22-20-14-18(10-11-23(20)33-17-29-30-25(33)16-28-22)6-5-13-34-26(35)32-12-4-3-9-24(32)31-34/h1-4,7-12,14,17H,6,15-16H2. The zero-order valence-corrected chi connectivity index (χ0v) is 18.5. The highest BCUT2D eigenvalue weighted by Gasteiger charge is 2.20. The van der Waals surface area contributed by atoms with Gasteiger partial charge in [0.2, 0.25) is 0 Å². The number of nitrogens with zero attached hydrogens (tertiary/aromatic N) is 7. The van der Waals surface area contributed by atoms with Crippen molar-refractivity contribution in [3.8, 4) is 17.7 Å². The van der Waals surface area contributed by atoms with Crippen molar-refractivity contribution in [3.05, 3.63) is 112 Å². The van der Waals surface area contributed by atoms with Crippen LogP contribution in [-0.4, -0.2) is 34.7 Å². The molecule has 6 rings (SSSR count). The molecule has 0 saturated heterocycles. The van der Waals surface area contributed by atoms with Crippen LogP contribution in [-0.2, 0) is 19.4 Å². The lowest BCUT2D eigenvalue weighted by molar-refractivity contribution is 0.616. The van der Waals surface area contributed by atoms with Crippen LogP contribution in [0.5, 0.6) is 0 Å². The maximum atomic E-state index is 14.4. The highest BCUT2D eigenvalue weighted by Crippen LogP contribution is 2.25. The van der Waals surface area contributed by atoms with Gasteiger partial charge in [0.15, 0.2) is 11.5 Å². The summed E-state index contributed by atoms with van der Waals surface area (Å²) in [5.74, 6) is 3.49. The average Bonchev–Trinajstić information content (AvgIpc) is 3.44. The maximum absolute atomic E-state index is 14.4. The monoisotopic (exact) mass is 463 g/mol. The van der Waals surface area contributed by atoms with Gasteiger partial charge in [0.05, 0.1) is 12.2 Å². The summed E-state index contributed by atoms with van der Waals surface area (Å²) >= 11 is 0. The number of rotatable bonds is 3. The first kappa shape index (κ1) is 20.7. The van der Waals surface area contributed by atoms with Crippen molar-refractivity contribution in [1.29, 1.82) is 0 Å². The van der Waals surface area contributed by atoms with Crippen LogP contribution < -0.4 is 5.69 Å². The Kier molecular flexibility index (Phi) is 5.04. The molecule has 0 unspecified atom stereocenters. The van der Waals surface area contributed by atoms with Crippen molar-refractivity contribution in [3.63, 3.8) is 0 Å². The molecule has 0 aliphatic carbocycles. The predicted molar refractivity (Wildman–Crippen MR) is 128 cm³/mol. The molecule has 2 aromatic carbocycles. The molecule has 0 atom stereocenters. The van der Waals surface area contributed by atoms with Crippen molar-refractivity contribution < 1.29 is 4.39 Å². The molecule has 0 amide bonds. The number of fused-ring (bicyclic) bond motifs is 4. The van der Waals surface area contributed by atoms with Crippen molar-refractivity contribution in [1.82, 2.24) is 28.9 Å². The van der Waals surface area contributed by atoms with Gasteiger partial charge in [-0.05, 0) is 41.5 Å². The SMILES string of the molecule is O=c1n(C#CCc2ccc3c(c2)C(Cc2ccccc2F)=NCc2nncn2-3)nc2ccccn12. The number of benzene rings is 2. The Morgan fingerprint density at radius 3 is 2.83 bits per heavy atom. The van der Waals surface area contributed by atoms with Crippen molar-refractivity contribution in [2.45, 2.75) is 19.4 Å². The quantitative estimate of drug-likeness (QED) is 0.386. The predicted octanol–water partition coefficient (Wildman–Crippen LogP) is 2.81. The highest BCUT2D eigenvalue weighted by molar-refractivity contribution is 6.05. The Morgan fingerprint density at radius 1 is 1.06 bits per heavy atom. The van der Waals surface area contributed by atoms with E-state index in [-0.39, 0.29) is 11.5 Å². The van der Waals surface area contributed by atoms with Crippen LogP contribution in [0, 0.1) is 17.8 Å². The Labute approximate surface area is 199 Å². The molecular formula is C26H18FN7O. The minimum atomic E-state index is -0.311. The summed E-state index contributed by atoms with van der Waals surface area (Å²) in [4.78, 5) is 17.2. The molecular weight excluding hydrogens is 445 g/mol. The molecule has 0 spiro atoms. The van der Waals surface area contributed by atoms with Crippen LogP contribution in [0.15, 0.2) is 83.0 Å². The van der Waals surface area contributed by atoms with Gasteiger partial charge in [0.1, 0.15) is 12.1 Å². The lowest BCUT2D eigenvalue weighted by Crippen LogP contribution is -2.17. The second-order valence-electron chi connectivity index (χ2n) is 8.09. The normalized spacial score (nSPS) is 12.3. The van der Waals surface area contributed by atoms with Gasteiger partial charge in [-0.15, -0.1) is 20.0 Å². The minimum absolute atomic E-state index is 0.264. The number of pyridine rings is 1. The number of hydrogen-bond donors (Lipinski definition) is 0. The van der Waals surface area contributed by atoms with Crippen molar-refractivity contribution in [2.24, 2.45) is 4.99 Å². The Hall–Kier alpha value is -4.84. The molecule has 1 aliphatic heterocycles. The van der Waals surface area contributed by atoms with Crippen LogP contribution in [0.2, 0.25) is 0 Å². The van der Waals surface area contributed by atoms with E-state index in [0.29, 0.717) is 36.4 Å². The Morgan fingerprint density at radius 2 is 1.94 bits per heavy atom. The van der Waals surface area contributed by atoms with E-state index in [1.54, 1.807) is 36.8 Å². The number of aromatic nitrogens is 6. The molecule has 0 bridgehead atoms. The van der Waals surface area contributed by atoms with Gasteiger partial charge in [-0.1, -0.05) is 36.3 Å². The summed E-state index contributed by atoms with van der Waals surface area (Å²) in [5.41, 5.74) is 4.26. The Bertz CT molecular complexity index is 1730. The van der Waals surface area contributed by atoms with E-state index in [9.17, 15) is 9.18 Å². The second-order valence-corrected chi connectivity index (χ2v) is 8.09. The summed E-state index contributed by atoms with van der Waals surface area (Å²) in [5, 5.41) is 12.4. The molecule has 35 heavy (non-hydrogen) atoms. The second kappa shape index (κ2) is 8.50. The number of aliphatic imine (C=N–C) groups is 1.